The molecule has 3 aromatic rings. The van der Waals surface area contributed by atoms with Crippen molar-refractivity contribution in [1.82, 2.24) is 14.9 Å². The number of hydrogen-bond acceptors (Lipinski definition) is 5. The van der Waals surface area contributed by atoms with Gasteiger partial charge in [-0.3, -0.25) is 0 Å². The third kappa shape index (κ3) is 5.13. The molecule has 1 saturated heterocycles. The van der Waals surface area contributed by atoms with Gasteiger partial charge in [0, 0.05) is 26.2 Å². The zero-order valence-corrected chi connectivity index (χ0v) is 17.4. The van der Waals surface area contributed by atoms with E-state index in [-0.39, 0.29) is 0 Å². The second-order valence-electron chi connectivity index (χ2n) is 7.76. The van der Waals surface area contributed by atoms with Gasteiger partial charge in [-0.05, 0) is 49.2 Å². The number of aromatic amines is 1. The highest BCUT2D eigenvalue weighted by atomic mass is 19.4. The number of aromatic nitrogens is 2. The van der Waals surface area contributed by atoms with Gasteiger partial charge in [-0.2, -0.15) is 13.2 Å². The number of ether oxygens (including phenoxy) is 1. The molecule has 0 aliphatic carbocycles. The minimum absolute atomic E-state index is 0.311. The van der Waals surface area contributed by atoms with Crippen LogP contribution in [-0.2, 0) is 12.6 Å². The smallest absolute Gasteiger partial charge is 0.408 e. The number of para-hydroxylation sites is 1. The number of halogens is 3. The van der Waals surface area contributed by atoms with Crippen molar-refractivity contribution in [3.63, 3.8) is 0 Å². The number of nitrogens with two attached hydrogens (primary N) is 1. The number of rotatable bonds is 5. The zero-order chi connectivity index (χ0) is 22.7. The Labute approximate surface area is 183 Å². The van der Waals surface area contributed by atoms with Crippen molar-refractivity contribution >= 4 is 23.1 Å². The van der Waals surface area contributed by atoms with Gasteiger partial charge in [0.25, 0.3) is 0 Å². The lowest BCUT2D eigenvalue weighted by atomic mass is 10.1. The summed E-state index contributed by atoms with van der Waals surface area (Å²) in [6, 6.07) is 10.6. The fourth-order valence-electron chi connectivity index (χ4n) is 3.89. The number of imidazole rings is 1. The third-order valence-electron chi connectivity index (χ3n) is 5.56. The fraction of sp³-hybridized carbons (Fsp3) is 0.364. The number of nitrogens with one attached hydrogen (secondary N) is 1. The zero-order valence-electron chi connectivity index (χ0n) is 17.4. The number of carbonyl (C=O) groups excluding carboxylic acids is 1. The first-order valence-corrected chi connectivity index (χ1v) is 10.4. The van der Waals surface area contributed by atoms with Crippen LogP contribution in [0.1, 0.15) is 17.5 Å². The minimum Gasteiger partial charge on any atom is -0.408 e. The number of amides is 1. The molecule has 0 bridgehead atoms. The van der Waals surface area contributed by atoms with Crippen molar-refractivity contribution in [2.75, 3.05) is 37.6 Å². The topological polar surface area (TPSA) is 87.5 Å². The van der Waals surface area contributed by atoms with Crippen LogP contribution >= 0.6 is 0 Å². The average Bonchev–Trinajstić information content (AvgIpc) is 3.04. The highest BCUT2D eigenvalue weighted by Crippen LogP contribution is 2.29. The van der Waals surface area contributed by atoms with Gasteiger partial charge >= 0.3 is 12.3 Å². The Morgan fingerprint density at radius 3 is 2.59 bits per heavy atom. The maximum atomic E-state index is 12.7. The van der Waals surface area contributed by atoms with Crippen LogP contribution in [0.3, 0.4) is 0 Å². The molecule has 2 heterocycles. The maximum absolute atomic E-state index is 12.7. The summed E-state index contributed by atoms with van der Waals surface area (Å²) in [5.74, 6) is 1.01. The summed E-state index contributed by atoms with van der Waals surface area (Å²) in [6.07, 6.45) is -3.58. The van der Waals surface area contributed by atoms with Crippen LogP contribution in [0.25, 0.3) is 11.0 Å². The van der Waals surface area contributed by atoms with Gasteiger partial charge in [0.05, 0.1) is 11.1 Å². The Kier molecular flexibility index (Phi) is 6.22. The van der Waals surface area contributed by atoms with Gasteiger partial charge in [-0.15, -0.1) is 0 Å². The Balaban J connectivity index is 1.36. The second-order valence-corrected chi connectivity index (χ2v) is 7.76. The quantitative estimate of drug-likeness (QED) is 0.621. The molecule has 4 rings (SSSR count). The molecule has 3 N–H and O–H groups in total. The molecule has 1 aliphatic rings. The summed E-state index contributed by atoms with van der Waals surface area (Å²) in [6.45, 7) is 4.03. The van der Waals surface area contributed by atoms with Crippen molar-refractivity contribution < 1.29 is 22.7 Å². The predicted molar refractivity (Wildman–Crippen MR) is 115 cm³/mol. The summed E-state index contributed by atoms with van der Waals surface area (Å²) in [5.41, 5.74) is 6.70. The van der Waals surface area contributed by atoms with Gasteiger partial charge in [0.2, 0.25) is 5.95 Å². The second kappa shape index (κ2) is 9.07. The molecule has 0 atom stereocenters. The highest BCUT2D eigenvalue weighted by Gasteiger charge is 2.30. The van der Waals surface area contributed by atoms with E-state index < -0.39 is 17.8 Å². The number of nitrogens with zero attached hydrogens (tertiary/aromatic N) is 3. The first kappa shape index (κ1) is 21.9. The summed E-state index contributed by atoms with van der Waals surface area (Å²) in [4.78, 5) is 23.4. The van der Waals surface area contributed by atoms with Crippen LogP contribution in [0.4, 0.5) is 23.9 Å². The Morgan fingerprint density at radius 2 is 1.88 bits per heavy atom. The number of hydrogen-bond donors (Lipinski definition) is 2. The van der Waals surface area contributed by atoms with Crippen LogP contribution in [0.15, 0.2) is 42.5 Å². The molecule has 0 unspecified atom stereocenters. The Morgan fingerprint density at radius 1 is 1.09 bits per heavy atom. The van der Waals surface area contributed by atoms with E-state index in [4.69, 9.17) is 10.5 Å². The summed E-state index contributed by atoms with van der Waals surface area (Å²) in [7, 11) is 0. The first-order chi connectivity index (χ1) is 15.3. The lowest BCUT2D eigenvalue weighted by Crippen LogP contribution is -2.32. The molecule has 0 saturated carbocycles. The number of H-pyrrole nitrogens is 1. The normalized spacial score (nSPS) is 15.7. The van der Waals surface area contributed by atoms with Crippen LogP contribution in [0, 0.1) is 0 Å². The van der Waals surface area contributed by atoms with Crippen LogP contribution in [0.2, 0.25) is 0 Å². The molecule has 0 radical (unpaired) electrons. The maximum Gasteiger partial charge on any atom is 0.416 e. The Hall–Kier alpha value is -3.27. The van der Waals surface area contributed by atoms with Crippen LogP contribution < -0.4 is 15.4 Å². The van der Waals surface area contributed by atoms with E-state index >= 15 is 0 Å². The van der Waals surface area contributed by atoms with Gasteiger partial charge in [-0.25, -0.2) is 9.78 Å². The minimum atomic E-state index is -4.31. The van der Waals surface area contributed by atoms with Gasteiger partial charge in [0.15, 0.2) is 5.75 Å². The molecule has 1 aromatic heterocycles. The van der Waals surface area contributed by atoms with Crippen molar-refractivity contribution in [3.8, 4) is 5.75 Å². The number of fused-ring (bicyclic) bond motifs is 1. The summed E-state index contributed by atoms with van der Waals surface area (Å²) in [5, 5.41) is 0. The standard InChI is InChI=1S/C22H24F3N5O2/c23-22(24,25)16-7-5-15(6-8-16)9-12-29-10-2-11-30(14-13-29)21-27-17-3-1-4-18(19(17)28-21)32-20(26)31/h1,3-8H,2,9-14H2,(H2,26,31)(H,27,28). The lowest BCUT2D eigenvalue weighted by molar-refractivity contribution is -0.137. The van der Waals surface area contributed by atoms with Crippen molar-refractivity contribution in [2.45, 2.75) is 19.0 Å². The SMILES string of the molecule is NC(=O)Oc1cccc2[nH]c(N3CCCN(CCc4ccc(C(F)(F)F)cc4)CC3)nc12. The monoisotopic (exact) mass is 447 g/mol. The largest absolute Gasteiger partial charge is 0.416 e. The fourth-order valence-corrected chi connectivity index (χ4v) is 3.89. The van der Waals surface area contributed by atoms with Gasteiger partial charge in [0.1, 0.15) is 5.52 Å². The van der Waals surface area contributed by atoms with E-state index in [1.165, 1.54) is 0 Å². The number of primary amides is 1. The number of anilines is 1. The highest BCUT2D eigenvalue weighted by molar-refractivity contribution is 5.86. The lowest BCUT2D eigenvalue weighted by Gasteiger charge is -2.21. The van der Waals surface area contributed by atoms with E-state index in [0.29, 0.717) is 23.6 Å². The van der Waals surface area contributed by atoms with E-state index in [2.05, 4.69) is 19.8 Å². The molecule has 1 amide bonds. The van der Waals surface area contributed by atoms with Gasteiger partial charge < -0.3 is 25.3 Å². The summed E-state index contributed by atoms with van der Waals surface area (Å²) < 4.78 is 43.2. The number of carbonyl (C=O) groups is 1. The first-order valence-electron chi connectivity index (χ1n) is 10.4. The van der Waals surface area contributed by atoms with Crippen molar-refractivity contribution in [1.29, 1.82) is 0 Å². The third-order valence-corrected chi connectivity index (χ3v) is 5.56. The molecule has 7 nitrogen and oxygen atoms in total. The molecular weight excluding hydrogens is 423 g/mol. The van der Waals surface area contributed by atoms with Gasteiger partial charge in [-0.1, -0.05) is 18.2 Å². The average molecular weight is 447 g/mol. The number of alkyl halides is 3. The molecule has 10 heteroatoms. The molecule has 32 heavy (non-hydrogen) atoms. The summed E-state index contributed by atoms with van der Waals surface area (Å²) >= 11 is 0. The van der Waals surface area contributed by atoms with E-state index in [1.807, 2.05) is 6.07 Å². The predicted octanol–water partition coefficient (Wildman–Crippen LogP) is 3.79. The molecule has 1 aliphatic heterocycles. The number of benzene rings is 2. The molecule has 2 aromatic carbocycles. The Bertz CT molecular complexity index is 1080. The molecular formula is C22H24F3N5O2. The van der Waals surface area contributed by atoms with Crippen molar-refractivity contribution in [3.05, 3.63) is 53.6 Å². The van der Waals surface area contributed by atoms with E-state index in [0.717, 1.165) is 62.4 Å². The van der Waals surface area contributed by atoms with Crippen LogP contribution in [-0.4, -0.2) is 53.7 Å². The van der Waals surface area contributed by atoms with Crippen LogP contribution in [0.5, 0.6) is 5.75 Å². The molecule has 0 spiro atoms. The van der Waals surface area contributed by atoms with E-state index in [9.17, 15) is 18.0 Å². The molecule has 170 valence electrons. The van der Waals surface area contributed by atoms with E-state index in [1.54, 1.807) is 24.3 Å². The molecule has 1 fully saturated rings. The van der Waals surface area contributed by atoms with Crippen molar-refractivity contribution in [2.24, 2.45) is 5.73 Å².